The van der Waals surface area contributed by atoms with E-state index in [1.807, 2.05) is 4.90 Å². The van der Waals surface area contributed by atoms with Crippen LogP contribution in [0.4, 0.5) is 0 Å². The van der Waals surface area contributed by atoms with Crippen molar-refractivity contribution in [1.29, 1.82) is 0 Å². The molecule has 2 fully saturated rings. The summed E-state index contributed by atoms with van der Waals surface area (Å²) >= 11 is 0. The van der Waals surface area contributed by atoms with Crippen LogP contribution in [0.3, 0.4) is 0 Å². The molecule has 118 valence electrons. The lowest BCUT2D eigenvalue weighted by molar-refractivity contribution is 0.0471. The van der Waals surface area contributed by atoms with Crippen LogP contribution in [0.2, 0.25) is 0 Å². The highest BCUT2D eigenvalue weighted by Gasteiger charge is 2.33. The standard InChI is InChI=1S/C17H22N2O3/c18-16(20)13-2-1-3-14(10-13)17(21)19-7-4-15(11-19)12-5-8-22-9-6-12/h1-3,10,12,15H,4-9,11H2,(H2,18,20). The number of amides is 2. The van der Waals surface area contributed by atoms with E-state index in [4.69, 9.17) is 10.5 Å². The van der Waals surface area contributed by atoms with Crippen molar-refractivity contribution < 1.29 is 14.3 Å². The van der Waals surface area contributed by atoms with Crippen molar-refractivity contribution in [3.8, 4) is 0 Å². The lowest BCUT2D eigenvalue weighted by Gasteiger charge is -2.27. The van der Waals surface area contributed by atoms with Gasteiger partial charge in [0.05, 0.1) is 0 Å². The number of ether oxygens (including phenoxy) is 1. The molecule has 2 aliphatic rings. The van der Waals surface area contributed by atoms with E-state index in [0.717, 1.165) is 45.6 Å². The number of benzene rings is 1. The summed E-state index contributed by atoms with van der Waals surface area (Å²) in [5.41, 5.74) is 6.21. The summed E-state index contributed by atoms with van der Waals surface area (Å²) in [4.78, 5) is 25.7. The molecule has 2 heterocycles. The van der Waals surface area contributed by atoms with Gasteiger partial charge in [-0.3, -0.25) is 9.59 Å². The Labute approximate surface area is 130 Å². The fraction of sp³-hybridized carbons (Fsp3) is 0.529. The normalized spacial score (nSPS) is 22.7. The van der Waals surface area contributed by atoms with Crippen molar-refractivity contribution in [3.05, 3.63) is 35.4 Å². The minimum Gasteiger partial charge on any atom is -0.381 e. The number of nitrogens with two attached hydrogens (primary N) is 1. The Kier molecular flexibility index (Phi) is 4.43. The molecule has 2 saturated heterocycles. The van der Waals surface area contributed by atoms with Gasteiger partial charge < -0.3 is 15.4 Å². The minimum absolute atomic E-state index is 0.00217. The van der Waals surface area contributed by atoms with Crippen molar-refractivity contribution in [2.45, 2.75) is 19.3 Å². The molecule has 0 aliphatic carbocycles. The van der Waals surface area contributed by atoms with E-state index >= 15 is 0 Å². The molecular weight excluding hydrogens is 280 g/mol. The third-order valence-electron chi connectivity index (χ3n) is 4.84. The maximum absolute atomic E-state index is 12.6. The Morgan fingerprint density at radius 1 is 1.09 bits per heavy atom. The van der Waals surface area contributed by atoms with Gasteiger partial charge >= 0.3 is 0 Å². The molecular formula is C17H22N2O3. The fourth-order valence-electron chi connectivity index (χ4n) is 3.53. The molecule has 0 bridgehead atoms. The van der Waals surface area contributed by atoms with Crippen LogP contribution in [-0.2, 0) is 4.74 Å². The first kappa shape index (κ1) is 15.0. The minimum atomic E-state index is -0.504. The smallest absolute Gasteiger partial charge is 0.253 e. The highest BCUT2D eigenvalue weighted by Crippen LogP contribution is 2.31. The molecule has 2 aliphatic heterocycles. The third kappa shape index (κ3) is 3.14. The van der Waals surface area contributed by atoms with Crippen LogP contribution in [0.1, 0.15) is 40.0 Å². The molecule has 0 aromatic heterocycles. The van der Waals surface area contributed by atoms with Crippen molar-refractivity contribution in [3.63, 3.8) is 0 Å². The number of likely N-dealkylation sites (tertiary alicyclic amines) is 1. The van der Waals surface area contributed by atoms with E-state index in [9.17, 15) is 9.59 Å². The van der Waals surface area contributed by atoms with E-state index in [1.54, 1.807) is 24.3 Å². The number of carbonyl (C=O) groups is 2. The maximum atomic E-state index is 12.6. The average Bonchev–Trinajstić information content (AvgIpc) is 3.05. The first-order valence-electron chi connectivity index (χ1n) is 7.92. The van der Waals surface area contributed by atoms with Crippen LogP contribution in [0.25, 0.3) is 0 Å². The van der Waals surface area contributed by atoms with Gasteiger partial charge in [-0.15, -0.1) is 0 Å². The molecule has 0 radical (unpaired) electrons. The van der Waals surface area contributed by atoms with Gasteiger partial charge in [0.1, 0.15) is 0 Å². The largest absolute Gasteiger partial charge is 0.381 e. The Bertz CT molecular complexity index is 567. The van der Waals surface area contributed by atoms with Crippen molar-refractivity contribution in [2.75, 3.05) is 26.3 Å². The quantitative estimate of drug-likeness (QED) is 0.923. The zero-order valence-corrected chi connectivity index (χ0v) is 12.7. The molecule has 1 aromatic rings. The second-order valence-corrected chi connectivity index (χ2v) is 6.19. The molecule has 1 aromatic carbocycles. The summed E-state index contributed by atoms with van der Waals surface area (Å²) in [6.45, 7) is 3.29. The molecule has 0 spiro atoms. The van der Waals surface area contributed by atoms with E-state index in [0.29, 0.717) is 23.0 Å². The van der Waals surface area contributed by atoms with Crippen LogP contribution >= 0.6 is 0 Å². The number of primary amides is 1. The van der Waals surface area contributed by atoms with E-state index in [2.05, 4.69) is 0 Å². The molecule has 0 saturated carbocycles. The molecule has 2 amide bonds. The predicted octanol–water partition coefficient (Wildman–Crippen LogP) is 1.67. The topological polar surface area (TPSA) is 72.6 Å². The molecule has 2 N–H and O–H groups in total. The molecule has 5 nitrogen and oxygen atoms in total. The van der Waals surface area contributed by atoms with E-state index in [-0.39, 0.29) is 5.91 Å². The van der Waals surface area contributed by atoms with Crippen LogP contribution in [0.15, 0.2) is 24.3 Å². The van der Waals surface area contributed by atoms with Gasteiger partial charge in [-0.2, -0.15) is 0 Å². The van der Waals surface area contributed by atoms with Gasteiger partial charge in [0.15, 0.2) is 0 Å². The molecule has 3 rings (SSSR count). The number of nitrogens with zero attached hydrogens (tertiary/aromatic N) is 1. The third-order valence-corrected chi connectivity index (χ3v) is 4.84. The first-order valence-corrected chi connectivity index (χ1v) is 7.92. The van der Waals surface area contributed by atoms with E-state index in [1.165, 1.54) is 0 Å². The van der Waals surface area contributed by atoms with Gasteiger partial charge in [-0.25, -0.2) is 0 Å². The van der Waals surface area contributed by atoms with Crippen LogP contribution in [0, 0.1) is 11.8 Å². The Hall–Kier alpha value is -1.88. The summed E-state index contributed by atoms with van der Waals surface area (Å²) in [5, 5.41) is 0. The first-order chi connectivity index (χ1) is 10.6. The van der Waals surface area contributed by atoms with Gasteiger partial charge in [0.25, 0.3) is 5.91 Å². The van der Waals surface area contributed by atoms with Crippen molar-refractivity contribution in [2.24, 2.45) is 17.6 Å². The van der Waals surface area contributed by atoms with Gasteiger partial charge in [0.2, 0.25) is 5.91 Å². The average molecular weight is 302 g/mol. The van der Waals surface area contributed by atoms with Crippen LogP contribution in [-0.4, -0.2) is 43.0 Å². The summed E-state index contributed by atoms with van der Waals surface area (Å²) in [7, 11) is 0. The second-order valence-electron chi connectivity index (χ2n) is 6.19. The molecule has 1 unspecified atom stereocenters. The summed E-state index contributed by atoms with van der Waals surface area (Å²) < 4.78 is 5.41. The lowest BCUT2D eigenvalue weighted by Crippen LogP contribution is -2.31. The second kappa shape index (κ2) is 6.48. The van der Waals surface area contributed by atoms with Crippen LogP contribution in [0.5, 0.6) is 0 Å². The zero-order valence-electron chi connectivity index (χ0n) is 12.7. The SMILES string of the molecule is NC(=O)c1cccc(C(=O)N2CCC(C3CCOCC3)C2)c1. The zero-order chi connectivity index (χ0) is 15.5. The molecule has 1 atom stereocenters. The molecule has 22 heavy (non-hydrogen) atoms. The van der Waals surface area contributed by atoms with Gasteiger partial charge in [0, 0.05) is 37.4 Å². The van der Waals surface area contributed by atoms with Crippen molar-refractivity contribution >= 4 is 11.8 Å². The summed E-state index contributed by atoms with van der Waals surface area (Å²) in [6.07, 6.45) is 3.26. The number of carbonyl (C=O) groups excluding carboxylic acids is 2. The number of rotatable bonds is 3. The van der Waals surface area contributed by atoms with Gasteiger partial charge in [-0.05, 0) is 49.3 Å². The summed E-state index contributed by atoms with van der Waals surface area (Å²) in [5.74, 6) is 0.740. The Balaban J connectivity index is 1.66. The predicted molar refractivity (Wildman–Crippen MR) is 82.5 cm³/mol. The Morgan fingerprint density at radius 3 is 2.55 bits per heavy atom. The monoisotopic (exact) mass is 302 g/mol. The maximum Gasteiger partial charge on any atom is 0.253 e. The number of hydrogen-bond donors (Lipinski definition) is 1. The lowest BCUT2D eigenvalue weighted by atomic mass is 9.85. The molecule has 5 heteroatoms. The fourth-order valence-corrected chi connectivity index (χ4v) is 3.53. The van der Waals surface area contributed by atoms with Crippen LogP contribution < -0.4 is 5.73 Å². The van der Waals surface area contributed by atoms with Crippen molar-refractivity contribution in [1.82, 2.24) is 4.90 Å². The highest BCUT2D eigenvalue weighted by atomic mass is 16.5. The van der Waals surface area contributed by atoms with E-state index < -0.39 is 5.91 Å². The number of hydrogen-bond acceptors (Lipinski definition) is 3. The highest BCUT2D eigenvalue weighted by molar-refractivity contribution is 5.99. The Morgan fingerprint density at radius 2 is 1.82 bits per heavy atom. The summed E-state index contributed by atoms with van der Waals surface area (Å²) in [6, 6.07) is 6.68. The van der Waals surface area contributed by atoms with Gasteiger partial charge in [-0.1, -0.05) is 6.07 Å².